The molecule has 1 aliphatic rings. The number of hydrogen-bond donors (Lipinski definition) is 3. The third kappa shape index (κ3) is 6.81. The highest BCUT2D eigenvalue weighted by atomic mass is 19.1. The summed E-state index contributed by atoms with van der Waals surface area (Å²) in [4.78, 5) is 56.2. The molecule has 55 heavy (non-hydrogen) atoms. The highest BCUT2D eigenvalue weighted by Crippen LogP contribution is 2.25. The van der Waals surface area contributed by atoms with Crippen molar-refractivity contribution < 1.29 is 14.3 Å². The van der Waals surface area contributed by atoms with E-state index >= 15 is 4.39 Å². The van der Waals surface area contributed by atoms with Gasteiger partial charge in [0.25, 0.3) is 17.0 Å². The molecule has 0 aliphatic carbocycles. The molecule has 15 heteroatoms. The number of aromatic amines is 1. The fraction of sp³-hybridized carbons (Fsp3) is 0.225. The van der Waals surface area contributed by atoms with Crippen LogP contribution in [0.4, 0.5) is 21.7 Å². The number of piperazine rings is 1. The van der Waals surface area contributed by atoms with Gasteiger partial charge in [-0.3, -0.25) is 14.4 Å². The summed E-state index contributed by atoms with van der Waals surface area (Å²) in [6.07, 6.45) is 1.80. The molecule has 0 atom stereocenters. The van der Waals surface area contributed by atoms with Gasteiger partial charge in [-0.1, -0.05) is 30.3 Å². The van der Waals surface area contributed by atoms with E-state index < -0.39 is 11.4 Å². The number of halogens is 1. The molecule has 5 heterocycles. The van der Waals surface area contributed by atoms with Crippen molar-refractivity contribution in [3.05, 3.63) is 140 Å². The van der Waals surface area contributed by atoms with Crippen LogP contribution < -0.4 is 21.3 Å². The third-order valence-electron chi connectivity index (χ3n) is 9.84. The Bertz CT molecular complexity index is 2710. The van der Waals surface area contributed by atoms with Gasteiger partial charge in [-0.15, -0.1) is 0 Å². The van der Waals surface area contributed by atoms with Gasteiger partial charge < -0.3 is 20.2 Å². The third-order valence-corrected chi connectivity index (χ3v) is 9.84. The van der Waals surface area contributed by atoms with Crippen molar-refractivity contribution in [3.8, 4) is 5.82 Å². The Labute approximate surface area is 313 Å². The largest absolute Gasteiger partial charge is 0.384 e. The van der Waals surface area contributed by atoms with Crippen LogP contribution in [-0.4, -0.2) is 76.6 Å². The molecule has 1 aliphatic heterocycles. The highest BCUT2D eigenvalue weighted by molar-refractivity contribution is 5.95. The van der Waals surface area contributed by atoms with E-state index in [9.17, 15) is 19.5 Å². The van der Waals surface area contributed by atoms with Gasteiger partial charge in [-0.25, -0.2) is 28.8 Å². The minimum absolute atomic E-state index is 0.00176. The van der Waals surface area contributed by atoms with Crippen LogP contribution in [0.3, 0.4) is 0 Å². The summed E-state index contributed by atoms with van der Waals surface area (Å²) >= 11 is 0. The van der Waals surface area contributed by atoms with E-state index in [0.717, 1.165) is 11.4 Å². The monoisotopic (exact) mass is 740 g/mol. The van der Waals surface area contributed by atoms with Crippen LogP contribution >= 0.6 is 0 Å². The Hall–Kier alpha value is -6.74. The number of amides is 1. The van der Waals surface area contributed by atoms with Gasteiger partial charge in [-0.2, -0.15) is 10.1 Å². The van der Waals surface area contributed by atoms with E-state index in [4.69, 9.17) is 0 Å². The number of pyridine rings is 1. The van der Waals surface area contributed by atoms with Gasteiger partial charge in [0.05, 0.1) is 22.3 Å². The molecule has 1 fully saturated rings. The van der Waals surface area contributed by atoms with Crippen molar-refractivity contribution in [3.63, 3.8) is 0 Å². The lowest BCUT2D eigenvalue weighted by molar-refractivity contribution is 0.0733. The fourth-order valence-corrected chi connectivity index (χ4v) is 6.87. The zero-order valence-electron chi connectivity index (χ0n) is 30.3. The Morgan fingerprint density at radius 1 is 0.909 bits per heavy atom. The summed E-state index contributed by atoms with van der Waals surface area (Å²) in [5, 5.41) is 22.0. The molecule has 1 amide bonds. The molecular weight excluding hydrogens is 704 g/mol. The predicted molar refractivity (Wildman–Crippen MR) is 207 cm³/mol. The van der Waals surface area contributed by atoms with Crippen molar-refractivity contribution in [1.82, 2.24) is 39.4 Å². The van der Waals surface area contributed by atoms with E-state index in [2.05, 4.69) is 35.4 Å². The number of hydrogen-bond acceptors (Lipinski definition) is 10. The first kappa shape index (κ1) is 35.3. The molecule has 14 nitrogen and oxygen atoms in total. The molecule has 3 aromatic carbocycles. The molecule has 7 aromatic rings. The van der Waals surface area contributed by atoms with Crippen molar-refractivity contribution in [2.75, 3.05) is 36.4 Å². The standard InChI is InChI=1S/C40H37FN10O4/c1-40(2,55)33-9-6-10-34(44-33)51-35-30(37(53)48(51)3)23-42-39(45-35)43-25-12-14-26(15-13-25)49-17-19-50(20-18-49)38(54)29-21-24(11-16-31(29)41)22-32-27-7-4-5-8-28(27)36(52)47-46-32/h4-16,21,23,55H,17-20,22H2,1-3H3,(H,47,52)(H,42,43,45). The molecule has 278 valence electrons. The van der Waals surface area contributed by atoms with Crippen molar-refractivity contribution in [2.45, 2.75) is 25.9 Å². The van der Waals surface area contributed by atoms with Gasteiger partial charge in [0.1, 0.15) is 16.8 Å². The maximum atomic E-state index is 15.0. The van der Waals surface area contributed by atoms with Gasteiger partial charge in [0.2, 0.25) is 5.95 Å². The van der Waals surface area contributed by atoms with Crippen molar-refractivity contribution in [1.29, 1.82) is 0 Å². The Morgan fingerprint density at radius 2 is 1.65 bits per heavy atom. The quantitative estimate of drug-likeness (QED) is 0.203. The lowest BCUT2D eigenvalue weighted by atomic mass is 10.0. The van der Waals surface area contributed by atoms with E-state index in [1.165, 1.54) is 16.9 Å². The second-order valence-electron chi connectivity index (χ2n) is 14.0. The number of aliphatic hydroxyl groups is 1. The SMILES string of the molecule is Cn1c(=O)c2cnc(Nc3ccc(N4CCN(C(=O)c5cc(Cc6n[nH]c(=O)c7ccccc67)ccc5F)CC4)cc3)nc2n1-c1cccc(C(C)(C)O)n1. The van der Waals surface area contributed by atoms with Crippen molar-refractivity contribution >= 4 is 45.0 Å². The zero-order chi connectivity index (χ0) is 38.4. The number of carbonyl (C=O) groups is 1. The van der Waals surface area contributed by atoms with Crippen LogP contribution in [0.1, 0.15) is 41.2 Å². The highest BCUT2D eigenvalue weighted by Gasteiger charge is 2.25. The van der Waals surface area contributed by atoms with Crippen LogP contribution in [0.15, 0.2) is 101 Å². The predicted octanol–water partition coefficient (Wildman–Crippen LogP) is 4.41. The molecule has 4 aromatic heterocycles. The van der Waals surface area contributed by atoms with Crippen LogP contribution in [0.5, 0.6) is 0 Å². The lowest BCUT2D eigenvalue weighted by Crippen LogP contribution is -2.49. The van der Waals surface area contributed by atoms with E-state index in [-0.39, 0.29) is 28.5 Å². The summed E-state index contributed by atoms with van der Waals surface area (Å²) in [6, 6.07) is 24.6. The van der Waals surface area contributed by atoms with Crippen LogP contribution in [0.25, 0.3) is 27.6 Å². The number of rotatable bonds is 8. The lowest BCUT2D eigenvalue weighted by Gasteiger charge is -2.36. The first-order valence-electron chi connectivity index (χ1n) is 17.8. The number of nitrogens with one attached hydrogen (secondary N) is 2. The van der Waals surface area contributed by atoms with Gasteiger partial charge >= 0.3 is 0 Å². The minimum atomic E-state index is -1.17. The number of anilines is 3. The average molecular weight is 741 g/mol. The van der Waals surface area contributed by atoms with Crippen LogP contribution in [-0.2, 0) is 19.1 Å². The normalized spacial score (nSPS) is 13.5. The second-order valence-corrected chi connectivity index (χ2v) is 14.0. The number of fused-ring (bicyclic) bond motifs is 2. The molecule has 0 radical (unpaired) electrons. The Morgan fingerprint density at radius 3 is 2.40 bits per heavy atom. The smallest absolute Gasteiger partial charge is 0.277 e. The summed E-state index contributed by atoms with van der Waals surface area (Å²) < 4.78 is 18.0. The maximum Gasteiger partial charge on any atom is 0.277 e. The zero-order valence-corrected chi connectivity index (χ0v) is 30.3. The number of carbonyl (C=O) groups excluding carboxylic acids is 1. The van der Waals surface area contributed by atoms with Crippen LogP contribution in [0.2, 0.25) is 0 Å². The summed E-state index contributed by atoms with van der Waals surface area (Å²) in [5.41, 5.74) is 2.10. The first-order valence-corrected chi connectivity index (χ1v) is 17.8. The minimum Gasteiger partial charge on any atom is -0.384 e. The summed E-state index contributed by atoms with van der Waals surface area (Å²) in [5.74, 6) is -0.254. The molecule has 0 bridgehead atoms. The van der Waals surface area contributed by atoms with E-state index in [0.29, 0.717) is 77.2 Å². The topological polar surface area (TPSA) is 167 Å². The molecular formula is C40H37FN10O4. The number of benzene rings is 3. The average Bonchev–Trinajstić information content (AvgIpc) is 3.44. The van der Waals surface area contributed by atoms with E-state index in [1.807, 2.05) is 36.4 Å². The molecule has 8 rings (SSSR count). The molecule has 0 unspecified atom stereocenters. The van der Waals surface area contributed by atoms with Gasteiger partial charge in [-0.05, 0) is 74.0 Å². The first-order chi connectivity index (χ1) is 26.4. The Balaban J connectivity index is 0.934. The Kier molecular flexibility index (Phi) is 8.93. The number of nitrogens with zero attached hydrogens (tertiary/aromatic N) is 8. The van der Waals surface area contributed by atoms with Gasteiger partial charge in [0, 0.05) is 62.6 Å². The molecule has 0 saturated carbocycles. The molecule has 3 N–H and O–H groups in total. The second kappa shape index (κ2) is 13.9. The fourth-order valence-electron chi connectivity index (χ4n) is 6.87. The van der Waals surface area contributed by atoms with E-state index in [1.54, 1.807) is 72.9 Å². The number of H-pyrrole nitrogens is 1. The van der Waals surface area contributed by atoms with Gasteiger partial charge in [0.15, 0.2) is 11.5 Å². The molecule has 1 saturated heterocycles. The van der Waals surface area contributed by atoms with Crippen LogP contribution in [0, 0.1) is 5.82 Å². The summed E-state index contributed by atoms with van der Waals surface area (Å²) in [7, 11) is 1.62. The number of aromatic nitrogens is 7. The van der Waals surface area contributed by atoms with Crippen molar-refractivity contribution in [2.24, 2.45) is 7.05 Å². The summed E-state index contributed by atoms with van der Waals surface area (Å²) in [6.45, 7) is 5.23. The maximum absolute atomic E-state index is 15.0. The molecule has 0 spiro atoms.